The van der Waals surface area contributed by atoms with Gasteiger partial charge in [0.1, 0.15) is 0 Å². The van der Waals surface area contributed by atoms with E-state index in [4.69, 9.17) is 0 Å². The fraction of sp³-hybridized carbons (Fsp3) is 0.571. The smallest absolute Gasteiger partial charge is 0.0381 e. The fourth-order valence-corrected chi connectivity index (χ4v) is 3.69. The Balaban J connectivity index is 1.92. The van der Waals surface area contributed by atoms with Crippen LogP contribution in [0.25, 0.3) is 0 Å². The van der Waals surface area contributed by atoms with E-state index in [1.54, 1.807) is 11.1 Å². The van der Waals surface area contributed by atoms with Crippen molar-refractivity contribution in [1.29, 1.82) is 0 Å². The first-order chi connectivity index (χ1) is 8.25. The highest BCUT2D eigenvalue weighted by Gasteiger charge is 2.34. The summed E-state index contributed by atoms with van der Waals surface area (Å²) in [6, 6.07) is 7.42. The number of piperazine rings is 1. The summed E-state index contributed by atoms with van der Waals surface area (Å²) in [4.78, 5) is 2.65. The van der Waals surface area contributed by atoms with Crippen LogP contribution in [0.15, 0.2) is 22.7 Å². The molecule has 17 heavy (non-hydrogen) atoms. The van der Waals surface area contributed by atoms with Crippen LogP contribution < -0.4 is 5.32 Å². The minimum Gasteiger partial charge on any atom is -0.314 e. The van der Waals surface area contributed by atoms with Gasteiger partial charge in [-0.15, -0.1) is 0 Å². The van der Waals surface area contributed by atoms with Crippen LogP contribution in [0.2, 0.25) is 0 Å². The van der Waals surface area contributed by atoms with Gasteiger partial charge in [0.25, 0.3) is 0 Å². The molecule has 1 heterocycles. The van der Waals surface area contributed by atoms with Gasteiger partial charge in [0.15, 0.2) is 0 Å². The number of fused-ring (bicyclic) bond motifs is 1. The molecular weight excluding hydrogens is 276 g/mol. The van der Waals surface area contributed by atoms with Gasteiger partial charge in [-0.2, -0.15) is 0 Å². The minimum absolute atomic E-state index is 0.629. The average molecular weight is 295 g/mol. The molecular formula is C14H19BrN2. The maximum Gasteiger partial charge on any atom is 0.0381 e. The quantitative estimate of drug-likeness (QED) is 0.856. The van der Waals surface area contributed by atoms with Gasteiger partial charge >= 0.3 is 0 Å². The zero-order valence-electron chi connectivity index (χ0n) is 10.2. The summed E-state index contributed by atoms with van der Waals surface area (Å²) in [5, 5.41) is 3.44. The van der Waals surface area contributed by atoms with Crippen LogP contribution in [-0.2, 0) is 6.42 Å². The van der Waals surface area contributed by atoms with Crippen molar-refractivity contribution in [2.24, 2.45) is 5.92 Å². The predicted octanol–water partition coefficient (Wildman–Crippen LogP) is 2.59. The molecule has 0 amide bonds. The Hall–Kier alpha value is -0.380. The number of nitrogens with zero attached hydrogens (tertiary/aromatic N) is 1. The predicted molar refractivity (Wildman–Crippen MR) is 74.2 cm³/mol. The highest BCUT2D eigenvalue weighted by molar-refractivity contribution is 9.10. The molecule has 2 atom stereocenters. The van der Waals surface area contributed by atoms with Crippen molar-refractivity contribution >= 4 is 15.9 Å². The topological polar surface area (TPSA) is 15.3 Å². The van der Waals surface area contributed by atoms with E-state index in [1.807, 2.05) is 0 Å². The highest BCUT2D eigenvalue weighted by atomic mass is 79.9. The van der Waals surface area contributed by atoms with E-state index in [0.29, 0.717) is 6.04 Å². The lowest BCUT2D eigenvalue weighted by Gasteiger charge is -2.35. The van der Waals surface area contributed by atoms with Crippen molar-refractivity contribution in [3.63, 3.8) is 0 Å². The van der Waals surface area contributed by atoms with Gasteiger partial charge in [0.05, 0.1) is 0 Å². The Morgan fingerprint density at radius 2 is 2.06 bits per heavy atom. The molecule has 0 radical (unpaired) electrons. The molecule has 1 aromatic carbocycles. The second kappa shape index (κ2) is 4.71. The van der Waals surface area contributed by atoms with E-state index in [-0.39, 0.29) is 0 Å². The summed E-state index contributed by atoms with van der Waals surface area (Å²) in [6.07, 6.45) is 1.23. The molecule has 1 aliphatic carbocycles. The molecule has 0 saturated carbocycles. The van der Waals surface area contributed by atoms with Gasteiger partial charge in [-0.1, -0.05) is 28.9 Å². The number of halogens is 1. The normalized spacial score (nSPS) is 29.3. The largest absolute Gasteiger partial charge is 0.314 e. The van der Waals surface area contributed by atoms with Crippen LogP contribution in [0.1, 0.15) is 24.1 Å². The first-order valence-electron chi connectivity index (χ1n) is 6.49. The Kier molecular flexibility index (Phi) is 3.24. The van der Waals surface area contributed by atoms with Gasteiger partial charge in [-0.25, -0.2) is 0 Å². The number of hydrogen-bond acceptors (Lipinski definition) is 2. The summed E-state index contributed by atoms with van der Waals surface area (Å²) in [7, 11) is 0. The van der Waals surface area contributed by atoms with Gasteiger partial charge in [0, 0.05) is 36.7 Å². The molecule has 2 nitrogen and oxygen atoms in total. The molecule has 0 aromatic heterocycles. The molecule has 1 aliphatic heterocycles. The van der Waals surface area contributed by atoms with Crippen LogP contribution in [-0.4, -0.2) is 31.1 Å². The molecule has 92 valence electrons. The number of rotatable bonds is 1. The van der Waals surface area contributed by atoms with Crippen molar-refractivity contribution in [1.82, 2.24) is 10.2 Å². The molecule has 1 fully saturated rings. The molecule has 0 spiro atoms. The lowest BCUT2D eigenvalue weighted by atomic mass is 10.0. The Labute approximate surface area is 112 Å². The third-order valence-corrected chi connectivity index (χ3v) is 4.55. The molecule has 2 aliphatic rings. The van der Waals surface area contributed by atoms with E-state index in [1.165, 1.54) is 24.0 Å². The van der Waals surface area contributed by atoms with E-state index in [0.717, 1.165) is 19.0 Å². The Bertz CT molecular complexity index is 413. The molecule has 1 aromatic rings. The zero-order valence-corrected chi connectivity index (χ0v) is 11.8. The summed E-state index contributed by atoms with van der Waals surface area (Å²) in [5.74, 6) is 0.748. The molecule has 3 heteroatoms. The molecule has 3 rings (SSSR count). The minimum atomic E-state index is 0.629. The van der Waals surface area contributed by atoms with Crippen LogP contribution in [0, 0.1) is 5.92 Å². The standard InChI is InChI=1S/C14H19BrN2/c1-10-8-11-2-3-12(15)9-13(11)14(10)17-6-4-16-5-7-17/h2-3,9-10,14,16H,4-8H2,1H3. The Morgan fingerprint density at radius 1 is 1.29 bits per heavy atom. The van der Waals surface area contributed by atoms with Gasteiger partial charge < -0.3 is 5.32 Å². The van der Waals surface area contributed by atoms with Crippen molar-refractivity contribution in [2.75, 3.05) is 26.2 Å². The van der Waals surface area contributed by atoms with Crippen molar-refractivity contribution in [3.8, 4) is 0 Å². The van der Waals surface area contributed by atoms with Crippen LogP contribution in [0.4, 0.5) is 0 Å². The second-order valence-corrected chi connectivity index (χ2v) is 6.17. The summed E-state index contributed by atoms with van der Waals surface area (Å²) in [5.41, 5.74) is 3.10. The average Bonchev–Trinajstić information content (AvgIpc) is 2.65. The maximum absolute atomic E-state index is 3.61. The van der Waals surface area contributed by atoms with Crippen molar-refractivity contribution in [3.05, 3.63) is 33.8 Å². The third kappa shape index (κ3) is 2.16. The van der Waals surface area contributed by atoms with E-state index in [2.05, 4.69) is 51.3 Å². The third-order valence-electron chi connectivity index (χ3n) is 4.05. The van der Waals surface area contributed by atoms with E-state index >= 15 is 0 Å². The van der Waals surface area contributed by atoms with E-state index < -0.39 is 0 Å². The second-order valence-electron chi connectivity index (χ2n) is 5.26. The molecule has 1 saturated heterocycles. The van der Waals surface area contributed by atoms with Gasteiger partial charge in [-0.3, -0.25) is 4.90 Å². The SMILES string of the molecule is CC1Cc2ccc(Br)cc2C1N1CCNCC1. The summed E-state index contributed by atoms with van der Waals surface area (Å²) in [6.45, 7) is 7.02. The molecule has 0 bridgehead atoms. The monoisotopic (exact) mass is 294 g/mol. The summed E-state index contributed by atoms with van der Waals surface area (Å²) >= 11 is 3.61. The van der Waals surface area contributed by atoms with Crippen molar-refractivity contribution in [2.45, 2.75) is 19.4 Å². The fourth-order valence-electron chi connectivity index (χ4n) is 3.31. The number of hydrogen-bond donors (Lipinski definition) is 1. The zero-order chi connectivity index (χ0) is 11.8. The number of benzene rings is 1. The highest BCUT2D eigenvalue weighted by Crippen LogP contribution is 2.41. The first kappa shape index (κ1) is 11.7. The van der Waals surface area contributed by atoms with Crippen molar-refractivity contribution < 1.29 is 0 Å². The lowest BCUT2D eigenvalue weighted by Crippen LogP contribution is -2.45. The maximum atomic E-state index is 3.61. The van der Waals surface area contributed by atoms with Crippen LogP contribution in [0.3, 0.4) is 0 Å². The molecule has 2 unspecified atom stereocenters. The van der Waals surface area contributed by atoms with Crippen LogP contribution in [0.5, 0.6) is 0 Å². The van der Waals surface area contributed by atoms with E-state index in [9.17, 15) is 0 Å². The van der Waals surface area contributed by atoms with Gasteiger partial charge in [-0.05, 0) is 35.6 Å². The molecule has 1 N–H and O–H groups in total. The first-order valence-corrected chi connectivity index (χ1v) is 7.28. The summed E-state index contributed by atoms with van der Waals surface area (Å²) < 4.78 is 1.21. The van der Waals surface area contributed by atoms with Gasteiger partial charge in [0.2, 0.25) is 0 Å². The lowest BCUT2D eigenvalue weighted by molar-refractivity contribution is 0.141. The number of nitrogens with one attached hydrogen (secondary N) is 1. The Morgan fingerprint density at radius 3 is 2.82 bits per heavy atom. The van der Waals surface area contributed by atoms with Crippen LogP contribution >= 0.6 is 15.9 Å².